The van der Waals surface area contributed by atoms with Gasteiger partial charge in [0.1, 0.15) is 12.2 Å². The van der Waals surface area contributed by atoms with Crippen molar-refractivity contribution in [2.24, 2.45) is 0 Å². The Hall–Kier alpha value is -1.14. The van der Waals surface area contributed by atoms with Gasteiger partial charge in [0.05, 0.1) is 13.2 Å². The Kier molecular flexibility index (Phi) is 12.2. The van der Waals surface area contributed by atoms with E-state index in [2.05, 4.69) is 0 Å². The van der Waals surface area contributed by atoms with E-state index in [1.54, 1.807) is 6.92 Å². The summed E-state index contributed by atoms with van der Waals surface area (Å²) in [7, 11) is 0. The molecule has 102 valence electrons. The van der Waals surface area contributed by atoms with Gasteiger partial charge in [-0.1, -0.05) is 6.92 Å². The molecular formula is C11H22O6. The van der Waals surface area contributed by atoms with Crippen molar-refractivity contribution in [2.75, 3.05) is 13.2 Å². The third-order valence-corrected chi connectivity index (χ3v) is 1.70. The van der Waals surface area contributed by atoms with Crippen molar-refractivity contribution in [2.45, 2.75) is 46.3 Å². The molecule has 2 N–H and O–H groups in total. The largest absolute Gasteiger partial charge is 0.459 e. The molecule has 0 heterocycles. The van der Waals surface area contributed by atoms with Crippen molar-refractivity contribution in [3.8, 4) is 0 Å². The molecule has 0 saturated heterocycles. The number of esters is 2. The van der Waals surface area contributed by atoms with E-state index < -0.39 is 0 Å². The highest BCUT2D eigenvalue weighted by molar-refractivity contribution is 5.67. The Bertz CT molecular complexity index is 214. The monoisotopic (exact) mass is 250 g/mol. The minimum absolute atomic E-state index is 0.125. The van der Waals surface area contributed by atoms with Crippen LogP contribution in [0.1, 0.15) is 34.1 Å². The average molecular weight is 250 g/mol. The summed E-state index contributed by atoms with van der Waals surface area (Å²) in [6, 6.07) is 0. The van der Waals surface area contributed by atoms with Gasteiger partial charge < -0.3 is 19.7 Å². The Morgan fingerprint density at radius 3 is 1.71 bits per heavy atom. The SMILES string of the molecule is CCC(OC(C)=O)C(C)OC(C)=O.OCCO. The lowest BCUT2D eigenvalue weighted by atomic mass is 10.2. The zero-order valence-corrected chi connectivity index (χ0v) is 10.8. The maximum atomic E-state index is 10.6. The second-order valence-electron chi connectivity index (χ2n) is 3.32. The van der Waals surface area contributed by atoms with Crippen LogP contribution in [0, 0.1) is 0 Å². The van der Waals surface area contributed by atoms with Gasteiger partial charge in [-0.05, 0) is 13.3 Å². The molecule has 0 fully saturated rings. The molecule has 0 amide bonds. The van der Waals surface area contributed by atoms with E-state index in [1.165, 1.54) is 13.8 Å². The molecule has 0 spiro atoms. The molecule has 0 rings (SSSR count). The summed E-state index contributed by atoms with van der Waals surface area (Å²) in [6.45, 7) is 5.99. The molecule has 2 unspecified atom stereocenters. The molecule has 0 aromatic carbocycles. The number of ether oxygens (including phenoxy) is 2. The number of rotatable bonds is 5. The molecule has 0 aliphatic rings. The van der Waals surface area contributed by atoms with Gasteiger partial charge in [-0.3, -0.25) is 9.59 Å². The Morgan fingerprint density at radius 1 is 1.06 bits per heavy atom. The predicted molar refractivity (Wildman–Crippen MR) is 61.2 cm³/mol. The summed E-state index contributed by atoms with van der Waals surface area (Å²) in [4.78, 5) is 21.2. The molecule has 0 bridgehead atoms. The summed E-state index contributed by atoms with van der Waals surface area (Å²) in [5.41, 5.74) is 0. The fraction of sp³-hybridized carbons (Fsp3) is 0.818. The van der Waals surface area contributed by atoms with Crippen LogP contribution in [0.4, 0.5) is 0 Å². The highest BCUT2D eigenvalue weighted by atomic mass is 16.6. The molecule has 0 saturated carbocycles. The molecule has 6 nitrogen and oxygen atoms in total. The van der Waals surface area contributed by atoms with Gasteiger partial charge in [-0.2, -0.15) is 0 Å². The summed E-state index contributed by atoms with van der Waals surface area (Å²) in [5.74, 6) is -0.719. The van der Waals surface area contributed by atoms with E-state index in [-0.39, 0.29) is 37.4 Å². The van der Waals surface area contributed by atoms with E-state index in [0.29, 0.717) is 6.42 Å². The van der Waals surface area contributed by atoms with Crippen LogP contribution >= 0.6 is 0 Å². The predicted octanol–water partition coefficient (Wildman–Crippen LogP) is 0.251. The van der Waals surface area contributed by atoms with Gasteiger partial charge in [-0.15, -0.1) is 0 Å². The first-order valence-electron chi connectivity index (χ1n) is 5.45. The molecule has 2 atom stereocenters. The van der Waals surface area contributed by atoms with Gasteiger partial charge >= 0.3 is 11.9 Å². The lowest BCUT2D eigenvalue weighted by molar-refractivity contribution is -0.164. The topological polar surface area (TPSA) is 93.1 Å². The second-order valence-corrected chi connectivity index (χ2v) is 3.32. The number of aliphatic hydroxyl groups excluding tert-OH is 2. The summed E-state index contributed by atoms with van der Waals surface area (Å²) < 4.78 is 9.83. The molecule has 0 aliphatic carbocycles. The Morgan fingerprint density at radius 2 is 1.47 bits per heavy atom. The lowest BCUT2D eigenvalue weighted by Gasteiger charge is -2.21. The maximum Gasteiger partial charge on any atom is 0.303 e. The van der Waals surface area contributed by atoms with Gasteiger partial charge in [0.2, 0.25) is 0 Å². The third kappa shape index (κ3) is 12.8. The Balaban J connectivity index is 0. The van der Waals surface area contributed by atoms with Crippen molar-refractivity contribution >= 4 is 11.9 Å². The fourth-order valence-electron chi connectivity index (χ4n) is 1.06. The fourth-order valence-corrected chi connectivity index (χ4v) is 1.06. The number of carbonyl (C=O) groups excluding carboxylic acids is 2. The number of carbonyl (C=O) groups is 2. The highest BCUT2D eigenvalue weighted by Gasteiger charge is 2.20. The first kappa shape index (κ1) is 18.2. The summed E-state index contributed by atoms with van der Waals surface area (Å²) in [6.07, 6.45) is -0.0959. The molecule has 0 aromatic rings. The standard InChI is InChI=1S/C9H16O4.C2H6O2/c1-5-9(13-8(4)11)6(2)12-7(3)10;3-1-2-4/h6,9H,5H2,1-4H3;3-4H,1-2H2. The van der Waals surface area contributed by atoms with Crippen LogP contribution < -0.4 is 0 Å². The van der Waals surface area contributed by atoms with Gasteiger partial charge in [0, 0.05) is 13.8 Å². The van der Waals surface area contributed by atoms with E-state index in [1.807, 2.05) is 6.92 Å². The molecule has 6 heteroatoms. The van der Waals surface area contributed by atoms with Crippen molar-refractivity contribution in [1.82, 2.24) is 0 Å². The molecular weight excluding hydrogens is 228 g/mol. The number of hydrogen-bond donors (Lipinski definition) is 2. The summed E-state index contributed by atoms with van der Waals surface area (Å²) in [5, 5.41) is 15.2. The van der Waals surface area contributed by atoms with Crippen LogP contribution in [0.2, 0.25) is 0 Å². The quantitative estimate of drug-likeness (QED) is 0.679. The minimum atomic E-state index is -0.383. The van der Waals surface area contributed by atoms with Crippen molar-refractivity contribution in [1.29, 1.82) is 0 Å². The van der Waals surface area contributed by atoms with Crippen LogP contribution in [-0.4, -0.2) is 47.6 Å². The van der Waals surface area contributed by atoms with Crippen molar-refractivity contribution < 1.29 is 29.3 Å². The van der Waals surface area contributed by atoms with E-state index in [9.17, 15) is 9.59 Å². The zero-order chi connectivity index (χ0) is 13.8. The van der Waals surface area contributed by atoms with Crippen molar-refractivity contribution in [3.63, 3.8) is 0 Å². The van der Waals surface area contributed by atoms with E-state index >= 15 is 0 Å². The smallest absolute Gasteiger partial charge is 0.303 e. The van der Waals surface area contributed by atoms with E-state index in [0.717, 1.165) is 0 Å². The van der Waals surface area contributed by atoms with Crippen LogP contribution in [0.3, 0.4) is 0 Å². The molecule has 0 aromatic heterocycles. The van der Waals surface area contributed by atoms with Crippen LogP contribution in [0.15, 0.2) is 0 Å². The van der Waals surface area contributed by atoms with Crippen molar-refractivity contribution in [3.05, 3.63) is 0 Å². The first-order chi connectivity index (χ1) is 7.88. The van der Waals surface area contributed by atoms with Gasteiger partial charge in [-0.25, -0.2) is 0 Å². The molecule has 0 radical (unpaired) electrons. The first-order valence-corrected chi connectivity index (χ1v) is 5.45. The van der Waals surface area contributed by atoms with Crippen LogP contribution in [0.5, 0.6) is 0 Å². The molecule has 0 aliphatic heterocycles. The van der Waals surface area contributed by atoms with Gasteiger partial charge in [0.25, 0.3) is 0 Å². The average Bonchev–Trinajstić information content (AvgIpc) is 2.24. The maximum absolute atomic E-state index is 10.6. The normalized spacial score (nSPS) is 12.8. The Labute approximate surface area is 102 Å². The lowest BCUT2D eigenvalue weighted by Crippen LogP contribution is -2.31. The van der Waals surface area contributed by atoms with Crippen LogP contribution in [0.25, 0.3) is 0 Å². The molecule has 17 heavy (non-hydrogen) atoms. The van der Waals surface area contributed by atoms with Gasteiger partial charge in [0.15, 0.2) is 0 Å². The zero-order valence-electron chi connectivity index (χ0n) is 10.8. The highest BCUT2D eigenvalue weighted by Crippen LogP contribution is 2.08. The second kappa shape index (κ2) is 11.3. The number of hydrogen-bond acceptors (Lipinski definition) is 6. The van der Waals surface area contributed by atoms with Crippen LogP contribution in [-0.2, 0) is 19.1 Å². The van der Waals surface area contributed by atoms with E-state index in [4.69, 9.17) is 19.7 Å². The third-order valence-electron chi connectivity index (χ3n) is 1.70. The number of aliphatic hydroxyl groups is 2. The summed E-state index contributed by atoms with van der Waals surface area (Å²) >= 11 is 0. The minimum Gasteiger partial charge on any atom is -0.459 e.